The Morgan fingerprint density at radius 3 is 2.77 bits per heavy atom. The lowest BCUT2D eigenvalue weighted by Crippen LogP contribution is -2.08. The summed E-state index contributed by atoms with van der Waals surface area (Å²) in [5.41, 5.74) is 4.53. The number of nitrogens with zero attached hydrogens (tertiary/aromatic N) is 2. The minimum Gasteiger partial charge on any atom is -0.469 e. The lowest BCUT2D eigenvalue weighted by Gasteiger charge is -2.08. The third-order valence-corrected chi connectivity index (χ3v) is 3.95. The molecular formula is C18H18N2O2. The number of para-hydroxylation sites is 1. The summed E-state index contributed by atoms with van der Waals surface area (Å²) in [4.78, 5) is 15.7. The van der Waals surface area contributed by atoms with Crippen LogP contribution in [-0.4, -0.2) is 22.6 Å². The van der Waals surface area contributed by atoms with Crippen molar-refractivity contribution in [3.63, 3.8) is 0 Å². The van der Waals surface area contributed by atoms with Crippen LogP contribution in [0.3, 0.4) is 0 Å². The summed E-state index contributed by atoms with van der Waals surface area (Å²) in [5.74, 6) is -0.194. The fraction of sp³-hybridized carbons (Fsp3) is 0.222. The van der Waals surface area contributed by atoms with Crippen molar-refractivity contribution in [2.75, 3.05) is 7.11 Å². The number of methoxy groups -OCH3 is 1. The average molecular weight is 294 g/mol. The van der Waals surface area contributed by atoms with Crippen LogP contribution in [0.5, 0.6) is 0 Å². The summed E-state index contributed by atoms with van der Waals surface area (Å²) in [6.45, 7) is 2.69. The van der Waals surface area contributed by atoms with Gasteiger partial charge in [-0.15, -0.1) is 0 Å². The second-order valence-electron chi connectivity index (χ2n) is 5.20. The zero-order valence-electron chi connectivity index (χ0n) is 12.7. The van der Waals surface area contributed by atoms with Gasteiger partial charge in [-0.05, 0) is 19.1 Å². The SMILES string of the molecule is COC(=O)CCn1c(C)c(-c2cccnc2)c2ccccc21. The molecule has 0 saturated carbocycles. The molecule has 0 N–H and O–H groups in total. The molecule has 4 nitrogen and oxygen atoms in total. The smallest absolute Gasteiger partial charge is 0.307 e. The number of aryl methyl sites for hydroxylation is 1. The summed E-state index contributed by atoms with van der Waals surface area (Å²) in [6, 6.07) is 12.2. The molecule has 2 aromatic heterocycles. The Hall–Kier alpha value is -2.62. The molecule has 0 atom stereocenters. The largest absolute Gasteiger partial charge is 0.469 e. The van der Waals surface area contributed by atoms with Gasteiger partial charge >= 0.3 is 5.97 Å². The minimum atomic E-state index is -0.194. The van der Waals surface area contributed by atoms with Crippen LogP contribution in [0, 0.1) is 6.92 Å². The highest BCUT2D eigenvalue weighted by Crippen LogP contribution is 2.34. The van der Waals surface area contributed by atoms with E-state index >= 15 is 0 Å². The molecule has 22 heavy (non-hydrogen) atoms. The van der Waals surface area contributed by atoms with E-state index < -0.39 is 0 Å². The van der Waals surface area contributed by atoms with Gasteiger partial charge in [0.2, 0.25) is 0 Å². The van der Waals surface area contributed by atoms with Crippen LogP contribution in [0.1, 0.15) is 12.1 Å². The molecule has 1 aromatic carbocycles. The molecular weight excluding hydrogens is 276 g/mol. The first kappa shape index (κ1) is 14.3. The maximum atomic E-state index is 11.5. The Labute approximate surface area is 129 Å². The molecule has 0 amide bonds. The van der Waals surface area contributed by atoms with E-state index in [2.05, 4.69) is 34.7 Å². The third kappa shape index (κ3) is 2.48. The maximum Gasteiger partial charge on any atom is 0.307 e. The zero-order valence-corrected chi connectivity index (χ0v) is 12.7. The van der Waals surface area contributed by atoms with E-state index in [0.29, 0.717) is 13.0 Å². The first-order valence-electron chi connectivity index (χ1n) is 7.27. The van der Waals surface area contributed by atoms with E-state index in [1.807, 2.05) is 24.4 Å². The van der Waals surface area contributed by atoms with Gasteiger partial charge in [0.25, 0.3) is 0 Å². The fourth-order valence-electron chi connectivity index (χ4n) is 2.90. The minimum absolute atomic E-state index is 0.194. The average Bonchev–Trinajstić information content (AvgIpc) is 2.85. The Bertz CT molecular complexity index is 807. The summed E-state index contributed by atoms with van der Waals surface area (Å²) in [5, 5.41) is 1.18. The second-order valence-corrected chi connectivity index (χ2v) is 5.20. The summed E-state index contributed by atoms with van der Waals surface area (Å²) >= 11 is 0. The molecule has 2 heterocycles. The van der Waals surface area contributed by atoms with Crippen molar-refractivity contribution >= 4 is 16.9 Å². The van der Waals surface area contributed by atoms with Gasteiger partial charge in [-0.3, -0.25) is 9.78 Å². The lowest BCUT2D eigenvalue weighted by atomic mass is 10.0. The topological polar surface area (TPSA) is 44.1 Å². The number of esters is 1. The number of carbonyl (C=O) groups is 1. The first-order chi connectivity index (χ1) is 10.7. The number of hydrogen-bond donors (Lipinski definition) is 0. The van der Waals surface area contributed by atoms with Crippen molar-refractivity contribution in [3.05, 3.63) is 54.5 Å². The Balaban J connectivity index is 2.13. The monoisotopic (exact) mass is 294 g/mol. The Kier molecular flexibility index (Phi) is 3.92. The standard InChI is InChI=1S/C18H18N2O2/c1-13-18(14-6-5-10-19-12-14)15-7-3-4-8-16(15)20(13)11-9-17(21)22-2/h3-8,10,12H,9,11H2,1-2H3. The molecule has 0 saturated heterocycles. The number of carbonyl (C=O) groups excluding carboxylic acids is 1. The molecule has 0 radical (unpaired) electrons. The molecule has 0 aliphatic carbocycles. The molecule has 0 bridgehead atoms. The highest BCUT2D eigenvalue weighted by molar-refractivity contribution is 5.98. The lowest BCUT2D eigenvalue weighted by molar-refractivity contribution is -0.140. The van der Waals surface area contributed by atoms with Crippen LogP contribution >= 0.6 is 0 Å². The van der Waals surface area contributed by atoms with E-state index in [1.54, 1.807) is 6.20 Å². The molecule has 0 spiro atoms. The Morgan fingerprint density at radius 1 is 1.23 bits per heavy atom. The van der Waals surface area contributed by atoms with Crippen molar-refractivity contribution < 1.29 is 9.53 Å². The van der Waals surface area contributed by atoms with Gasteiger partial charge in [-0.25, -0.2) is 0 Å². The highest BCUT2D eigenvalue weighted by Gasteiger charge is 2.15. The molecule has 0 aliphatic rings. The van der Waals surface area contributed by atoms with Crippen LogP contribution in [0.4, 0.5) is 0 Å². The van der Waals surface area contributed by atoms with E-state index in [4.69, 9.17) is 4.74 Å². The van der Waals surface area contributed by atoms with Crippen LogP contribution in [0.25, 0.3) is 22.0 Å². The van der Waals surface area contributed by atoms with Crippen LogP contribution in [0.15, 0.2) is 48.8 Å². The number of aromatic nitrogens is 2. The van der Waals surface area contributed by atoms with Crippen molar-refractivity contribution in [1.82, 2.24) is 9.55 Å². The predicted octanol–water partition coefficient (Wildman–Crippen LogP) is 3.57. The quantitative estimate of drug-likeness (QED) is 0.691. The van der Waals surface area contributed by atoms with Gasteiger partial charge in [0.15, 0.2) is 0 Å². The molecule has 112 valence electrons. The summed E-state index contributed by atoms with van der Waals surface area (Å²) < 4.78 is 6.93. The van der Waals surface area contributed by atoms with E-state index in [1.165, 1.54) is 18.1 Å². The van der Waals surface area contributed by atoms with E-state index in [9.17, 15) is 4.79 Å². The van der Waals surface area contributed by atoms with Gasteiger partial charge in [0.05, 0.1) is 13.5 Å². The number of ether oxygens (including phenoxy) is 1. The number of hydrogen-bond acceptors (Lipinski definition) is 3. The van der Waals surface area contributed by atoms with Gasteiger partial charge < -0.3 is 9.30 Å². The van der Waals surface area contributed by atoms with Crippen molar-refractivity contribution in [2.45, 2.75) is 19.9 Å². The molecule has 4 heteroatoms. The van der Waals surface area contributed by atoms with Gasteiger partial charge in [0.1, 0.15) is 0 Å². The molecule has 0 fully saturated rings. The Morgan fingerprint density at radius 2 is 2.05 bits per heavy atom. The van der Waals surface area contributed by atoms with Gasteiger partial charge in [-0.2, -0.15) is 0 Å². The van der Waals surface area contributed by atoms with Crippen LogP contribution in [-0.2, 0) is 16.1 Å². The van der Waals surface area contributed by atoms with Gasteiger partial charge in [-0.1, -0.05) is 24.3 Å². The number of benzene rings is 1. The van der Waals surface area contributed by atoms with Crippen molar-refractivity contribution in [1.29, 1.82) is 0 Å². The molecule has 3 rings (SSSR count). The maximum absolute atomic E-state index is 11.5. The van der Waals surface area contributed by atoms with Crippen LogP contribution < -0.4 is 0 Å². The number of fused-ring (bicyclic) bond motifs is 1. The van der Waals surface area contributed by atoms with Crippen molar-refractivity contribution in [3.8, 4) is 11.1 Å². The molecule has 0 unspecified atom stereocenters. The van der Waals surface area contributed by atoms with E-state index in [-0.39, 0.29) is 5.97 Å². The summed E-state index contributed by atoms with van der Waals surface area (Å²) in [6.07, 6.45) is 4.01. The first-order valence-corrected chi connectivity index (χ1v) is 7.27. The molecule has 0 aliphatic heterocycles. The normalized spacial score (nSPS) is 10.8. The highest BCUT2D eigenvalue weighted by atomic mass is 16.5. The number of pyridine rings is 1. The molecule has 3 aromatic rings. The van der Waals surface area contributed by atoms with E-state index in [0.717, 1.165) is 16.8 Å². The second kappa shape index (κ2) is 6.02. The van der Waals surface area contributed by atoms with Gasteiger partial charge in [0, 0.05) is 46.7 Å². The van der Waals surface area contributed by atoms with Crippen molar-refractivity contribution in [2.24, 2.45) is 0 Å². The third-order valence-electron chi connectivity index (χ3n) is 3.95. The predicted molar refractivity (Wildman–Crippen MR) is 86.5 cm³/mol. The number of rotatable bonds is 4. The van der Waals surface area contributed by atoms with Crippen LogP contribution in [0.2, 0.25) is 0 Å². The summed E-state index contributed by atoms with van der Waals surface area (Å²) in [7, 11) is 1.42. The zero-order chi connectivity index (χ0) is 15.5. The fourth-order valence-corrected chi connectivity index (χ4v) is 2.90.